The first-order valence-electron chi connectivity index (χ1n) is 12.5. The second-order valence-corrected chi connectivity index (χ2v) is 9.87. The van der Waals surface area contributed by atoms with Crippen LogP contribution in [0.5, 0.6) is 0 Å². The fraction of sp³-hybridized carbons (Fsp3) is 0.481. The van der Waals surface area contributed by atoms with E-state index in [4.69, 9.17) is 11.6 Å². The molecule has 0 radical (unpaired) electrons. The number of nitrogens with one attached hydrogen (secondary N) is 1. The molecular formula is C27H34ClFN4O2. The van der Waals surface area contributed by atoms with Gasteiger partial charge in [0.25, 0.3) is 5.91 Å². The Labute approximate surface area is 212 Å². The smallest absolute Gasteiger partial charge is 0.317 e. The summed E-state index contributed by atoms with van der Waals surface area (Å²) in [6.07, 6.45) is 0.809. The Hall–Kier alpha value is -2.64. The summed E-state index contributed by atoms with van der Waals surface area (Å²) in [6, 6.07) is 14.3. The van der Waals surface area contributed by atoms with Crippen molar-refractivity contribution in [2.75, 3.05) is 45.8 Å². The molecule has 2 saturated heterocycles. The van der Waals surface area contributed by atoms with Crippen LogP contribution >= 0.6 is 11.6 Å². The molecule has 0 aliphatic carbocycles. The molecule has 2 aliphatic heterocycles. The van der Waals surface area contributed by atoms with Gasteiger partial charge in [0, 0.05) is 45.8 Å². The zero-order valence-corrected chi connectivity index (χ0v) is 21.2. The van der Waals surface area contributed by atoms with E-state index in [0.717, 1.165) is 31.6 Å². The zero-order valence-electron chi connectivity index (χ0n) is 20.4. The van der Waals surface area contributed by atoms with E-state index in [9.17, 15) is 14.0 Å². The van der Waals surface area contributed by atoms with Gasteiger partial charge in [0.05, 0.1) is 16.6 Å². The zero-order chi connectivity index (χ0) is 24.9. The third-order valence-electron chi connectivity index (χ3n) is 7.31. The fourth-order valence-electron chi connectivity index (χ4n) is 5.37. The van der Waals surface area contributed by atoms with Gasteiger partial charge in [0.15, 0.2) is 0 Å². The van der Waals surface area contributed by atoms with Crippen molar-refractivity contribution < 1.29 is 14.0 Å². The third kappa shape index (κ3) is 5.78. The predicted molar refractivity (Wildman–Crippen MR) is 136 cm³/mol. The standard InChI is InChI=1S/C27H34ClFN4O2/c1-3-32(4-2)27(35)30-24(19-9-6-5-7-10-19)13-14-31-15-20-17-33(18-21(20)16-31)26(34)25-22(28)11-8-12-23(25)29/h5-12,20-21,24H,3-4,13-18H2,1-2H3,(H,30,35)/t20-,21?,24?/m0/s1. The van der Waals surface area contributed by atoms with Crippen LogP contribution in [0.4, 0.5) is 9.18 Å². The van der Waals surface area contributed by atoms with Crippen molar-refractivity contribution in [2.45, 2.75) is 26.3 Å². The van der Waals surface area contributed by atoms with Gasteiger partial charge < -0.3 is 20.0 Å². The van der Waals surface area contributed by atoms with E-state index in [2.05, 4.69) is 22.3 Å². The maximum absolute atomic E-state index is 14.2. The molecule has 1 N–H and O–H groups in total. The van der Waals surface area contributed by atoms with Crippen molar-refractivity contribution in [3.63, 3.8) is 0 Å². The van der Waals surface area contributed by atoms with E-state index in [1.807, 2.05) is 32.0 Å². The van der Waals surface area contributed by atoms with Crippen molar-refractivity contribution in [2.24, 2.45) is 11.8 Å². The molecule has 2 aromatic carbocycles. The van der Waals surface area contributed by atoms with Gasteiger partial charge in [-0.05, 0) is 49.8 Å². The van der Waals surface area contributed by atoms with Crippen LogP contribution in [-0.4, -0.2) is 72.5 Å². The lowest BCUT2D eigenvalue weighted by atomic mass is 10.0. The summed E-state index contributed by atoms with van der Waals surface area (Å²) in [5.41, 5.74) is 1.08. The Bertz CT molecular complexity index is 999. The first kappa shape index (κ1) is 25.5. The number of urea groups is 1. The minimum absolute atomic E-state index is 0.0272. The van der Waals surface area contributed by atoms with Crippen LogP contribution in [0, 0.1) is 17.7 Å². The Morgan fingerprint density at radius 1 is 1.03 bits per heavy atom. The summed E-state index contributed by atoms with van der Waals surface area (Å²) in [5, 5.41) is 3.38. The molecule has 35 heavy (non-hydrogen) atoms. The van der Waals surface area contributed by atoms with Crippen LogP contribution in [0.25, 0.3) is 0 Å². The van der Waals surface area contributed by atoms with Crippen LogP contribution in [-0.2, 0) is 0 Å². The first-order valence-corrected chi connectivity index (χ1v) is 12.8. The van der Waals surface area contributed by atoms with Crippen LogP contribution < -0.4 is 5.32 Å². The molecule has 6 nitrogen and oxygen atoms in total. The maximum Gasteiger partial charge on any atom is 0.317 e. The second-order valence-electron chi connectivity index (χ2n) is 9.46. The van der Waals surface area contributed by atoms with Gasteiger partial charge in [0.1, 0.15) is 5.82 Å². The minimum Gasteiger partial charge on any atom is -0.338 e. The molecule has 3 atom stereocenters. The second kappa shape index (κ2) is 11.4. The van der Waals surface area contributed by atoms with Crippen LogP contribution in [0.1, 0.15) is 42.2 Å². The number of carbonyl (C=O) groups is 2. The van der Waals surface area contributed by atoms with Gasteiger partial charge in [-0.3, -0.25) is 4.79 Å². The normalized spacial score (nSPS) is 20.5. The van der Waals surface area contributed by atoms with Gasteiger partial charge in [0.2, 0.25) is 0 Å². The number of carbonyl (C=O) groups excluding carboxylic acids is 2. The summed E-state index contributed by atoms with van der Waals surface area (Å²) in [5.74, 6) is -0.160. The van der Waals surface area contributed by atoms with E-state index in [1.165, 1.54) is 12.1 Å². The number of amides is 3. The average molecular weight is 501 g/mol. The van der Waals surface area contributed by atoms with E-state index in [0.29, 0.717) is 38.0 Å². The van der Waals surface area contributed by atoms with Crippen molar-refractivity contribution in [1.82, 2.24) is 20.0 Å². The monoisotopic (exact) mass is 500 g/mol. The Balaban J connectivity index is 1.34. The van der Waals surface area contributed by atoms with Gasteiger partial charge >= 0.3 is 6.03 Å². The molecule has 2 fully saturated rings. The Kier molecular flexibility index (Phi) is 8.29. The third-order valence-corrected chi connectivity index (χ3v) is 7.62. The number of nitrogens with zero attached hydrogens (tertiary/aromatic N) is 3. The summed E-state index contributed by atoms with van der Waals surface area (Å²) in [6.45, 7) is 9.19. The van der Waals surface area contributed by atoms with Crippen molar-refractivity contribution in [3.8, 4) is 0 Å². The lowest BCUT2D eigenvalue weighted by Crippen LogP contribution is -2.42. The van der Waals surface area contributed by atoms with Crippen molar-refractivity contribution in [3.05, 3.63) is 70.5 Å². The number of rotatable bonds is 8. The minimum atomic E-state index is -0.570. The van der Waals surface area contributed by atoms with E-state index in [-0.39, 0.29) is 28.6 Å². The number of halogens is 2. The number of fused-ring (bicyclic) bond motifs is 1. The highest BCUT2D eigenvalue weighted by Gasteiger charge is 2.42. The molecule has 2 aromatic rings. The molecule has 0 aromatic heterocycles. The lowest BCUT2D eigenvalue weighted by molar-refractivity contribution is 0.0769. The molecule has 2 aliphatic rings. The number of benzene rings is 2. The Morgan fingerprint density at radius 2 is 1.69 bits per heavy atom. The van der Waals surface area contributed by atoms with Crippen LogP contribution in [0.3, 0.4) is 0 Å². The molecule has 0 spiro atoms. The van der Waals surface area contributed by atoms with Crippen LogP contribution in [0.15, 0.2) is 48.5 Å². The van der Waals surface area contributed by atoms with Gasteiger partial charge in [-0.2, -0.15) is 0 Å². The molecule has 0 saturated carbocycles. The van der Waals surface area contributed by atoms with Gasteiger partial charge in [-0.25, -0.2) is 9.18 Å². The topological polar surface area (TPSA) is 55.9 Å². The number of hydrogen-bond donors (Lipinski definition) is 1. The number of hydrogen-bond acceptors (Lipinski definition) is 3. The summed E-state index contributed by atoms with van der Waals surface area (Å²) in [4.78, 5) is 31.6. The van der Waals surface area contributed by atoms with Crippen molar-refractivity contribution >= 4 is 23.5 Å². The van der Waals surface area contributed by atoms with E-state index >= 15 is 0 Å². The Morgan fingerprint density at radius 3 is 2.29 bits per heavy atom. The highest BCUT2D eigenvalue weighted by molar-refractivity contribution is 6.33. The summed E-state index contributed by atoms with van der Waals surface area (Å²) < 4.78 is 14.2. The number of likely N-dealkylation sites (tertiary alicyclic amines) is 2. The van der Waals surface area contributed by atoms with Gasteiger partial charge in [-0.15, -0.1) is 0 Å². The molecule has 2 heterocycles. The molecular weight excluding hydrogens is 467 g/mol. The van der Waals surface area contributed by atoms with E-state index in [1.54, 1.807) is 15.9 Å². The largest absolute Gasteiger partial charge is 0.338 e. The molecule has 0 bridgehead atoms. The maximum atomic E-state index is 14.2. The average Bonchev–Trinajstić information content (AvgIpc) is 3.42. The van der Waals surface area contributed by atoms with Crippen LogP contribution in [0.2, 0.25) is 5.02 Å². The highest BCUT2D eigenvalue weighted by Crippen LogP contribution is 2.33. The fourth-order valence-corrected chi connectivity index (χ4v) is 5.61. The van der Waals surface area contributed by atoms with Gasteiger partial charge in [-0.1, -0.05) is 48.0 Å². The SMILES string of the molecule is CCN(CC)C(=O)NC(CCN1CC2CN(C(=O)c3c(F)cccc3Cl)C[C@@H]2C1)c1ccccc1. The molecule has 8 heteroatoms. The highest BCUT2D eigenvalue weighted by atomic mass is 35.5. The lowest BCUT2D eigenvalue weighted by Gasteiger charge is -2.27. The van der Waals surface area contributed by atoms with E-state index < -0.39 is 5.82 Å². The summed E-state index contributed by atoms with van der Waals surface area (Å²) >= 11 is 6.11. The molecule has 2 unspecified atom stereocenters. The molecule has 188 valence electrons. The molecule has 3 amide bonds. The van der Waals surface area contributed by atoms with Crippen molar-refractivity contribution in [1.29, 1.82) is 0 Å². The molecule has 4 rings (SSSR count). The predicted octanol–water partition coefficient (Wildman–Crippen LogP) is 4.67. The summed E-state index contributed by atoms with van der Waals surface area (Å²) in [7, 11) is 0. The quantitative estimate of drug-likeness (QED) is 0.573. The first-order chi connectivity index (χ1) is 16.9.